The van der Waals surface area contributed by atoms with E-state index in [1.807, 2.05) is 66.7 Å². The van der Waals surface area contributed by atoms with Crippen molar-refractivity contribution in [2.24, 2.45) is 0 Å². The summed E-state index contributed by atoms with van der Waals surface area (Å²) in [5.74, 6) is 0.378. The number of rotatable bonds is 6. The number of hydrogen-bond acceptors (Lipinski definition) is 4. The Balaban J connectivity index is 0.00000243. The molecular weight excluding hydrogens is 350 g/mol. The Hall–Kier alpha value is -2.56. The molecule has 2 N–H and O–H groups in total. The number of nitrogens with one attached hydrogen (secondary N) is 1. The van der Waals surface area contributed by atoms with Crippen LogP contribution in [0.1, 0.15) is 24.2 Å². The topological polar surface area (TPSA) is 62.5 Å². The van der Waals surface area contributed by atoms with Gasteiger partial charge in [-0.1, -0.05) is 60.7 Å². The zero-order chi connectivity index (χ0) is 17.6. The standard InChI is InChI=1S/C21H21NO3.ClH/c1-2-24-21(22)20(23)19-17-11-7-6-10-16(17)12-13-18(19)25-14-15-8-4-3-5-9-15;/h3-13,20,22-23H,2,14H2,1H3;1H. The van der Waals surface area contributed by atoms with Crippen LogP contribution in [-0.2, 0) is 11.3 Å². The van der Waals surface area contributed by atoms with Gasteiger partial charge >= 0.3 is 0 Å². The SMILES string of the molecule is CCOC(=N)C(O)c1c(OCc2ccccc2)ccc2ccccc12.Cl. The largest absolute Gasteiger partial charge is 0.488 e. The predicted octanol–water partition coefficient (Wildman–Crippen LogP) is 4.89. The van der Waals surface area contributed by atoms with Gasteiger partial charge in [-0.2, -0.15) is 0 Å². The van der Waals surface area contributed by atoms with Crippen LogP contribution in [-0.4, -0.2) is 17.6 Å². The summed E-state index contributed by atoms with van der Waals surface area (Å²) in [5, 5.41) is 20.5. The molecule has 0 aromatic heterocycles. The van der Waals surface area contributed by atoms with Gasteiger partial charge in [-0.3, -0.25) is 5.41 Å². The van der Waals surface area contributed by atoms with Crippen LogP contribution >= 0.6 is 12.4 Å². The lowest BCUT2D eigenvalue weighted by Crippen LogP contribution is -2.16. The molecule has 1 unspecified atom stereocenters. The third kappa shape index (κ3) is 4.34. The van der Waals surface area contributed by atoms with Crippen molar-refractivity contribution in [2.75, 3.05) is 6.61 Å². The van der Waals surface area contributed by atoms with E-state index in [1.165, 1.54) is 0 Å². The van der Waals surface area contributed by atoms with Gasteiger partial charge in [-0.25, -0.2) is 0 Å². The molecule has 0 fully saturated rings. The maximum atomic E-state index is 10.7. The average Bonchev–Trinajstić information content (AvgIpc) is 2.66. The first-order valence-electron chi connectivity index (χ1n) is 8.28. The van der Waals surface area contributed by atoms with E-state index < -0.39 is 6.10 Å². The highest BCUT2D eigenvalue weighted by Gasteiger charge is 2.22. The summed E-state index contributed by atoms with van der Waals surface area (Å²) in [6.45, 7) is 2.51. The monoisotopic (exact) mass is 371 g/mol. The summed E-state index contributed by atoms with van der Waals surface area (Å²) in [7, 11) is 0. The molecule has 0 saturated carbocycles. The quantitative estimate of drug-likeness (QED) is 0.479. The van der Waals surface area contributed by atoms with Crippen LogP contribution < -0.4 is 4.74 Å². The highest BCUT2D eigenvalue weighted by Crippen LogP contribution is 2.34. The molecule has 0 spiro atoms. The Bertz CT molecular complexity index is 868. The lowest BCUT2D eigenvalue weighted by atomic mass is 9.99. The molecule has 3 aromatic carbocycles. The van der Waals surface area contributed by atoms with Crippen molar-refractivity contribution >= 4 is 29.1 Å². The first-order valence-corrected chi connectivity index (χ1v) is 8.28. The van der Waals surface area contributed by atoms with Crippen molar-refractivity contribution in [1.29, 1.82) is 5.41 Å². The van der Waals surface area contributed by atoms with Crippen LogP contribution in [0.15, 0.2) is 66.7 Å². The van der Waals surface area contributed by atoms with E-state index in [1.54, 1.807) is 6.92 Å². The Morgan fingerprint density at radius 1 is 1.00 bits per heavy atom. The van der Waals surface area contributed by atoms with Crippen molar-refractivity contribution in [3.8, 4) is 5.75 Å². The van der Waals surface area contributed by atoms with Crippen LogP contribution in [0.2, 0.25) is 0 Å². The molecule has 4 nitrogen and oxygen atoms in total. The van der Waals surface area contributed by atoms with E-state index >= 15 is 0 Å². The van der Waals surface area contributed by atoms with Crippen molar-refractivity contribution in [2.45, 2.75) is 19.6 Å². The third-order valence-corrected chi connectivity index (χ3v) is 3.99. The normalized spacial score (nSPS) is 11.5. The molecule has 136 valence electrons. The molecule has 0 aliphatic heterocycles. The first kappa shape index (κ1) is 19.8. The Labute approximate surface area is 159 Å². The van der Waals surface area contributed by atoms with Crippen LogP contribution in [0, 0.1) is 5.41 Å². The highest BCUT2D eigenvalue weighted by molar-refractivity contribution is 5.93. The fourth-order valence-electron chi connectivity index (χ4n) is 2.78. The second-order valence-corrected chi connectivity index (χ2v) is 5.67. The molecule has 0 radical (unpaired) electrons. The minimum Gasteiger partial charge on any atom is -0.488 e. The molecule has 0 saturated heterocycles. The molecule has 0 aliphatic carbocycles. The highest BCUT2D eigenvalue weighted by atomic mass is 35.5. The van der Waals surface area contributed by atoms with Gasteiger partial charge in [-0.15, -0.1) is 12.4 Å². The Kier molecular flexibility index (Phi) is 7.01. The molecule has 0 heterocycles. The average molecular weight is 372 g/mol. The number of halogens is 1. The minimum atomic E-state index is -1.17. The fraction of sp³-hybridized carbons (Fsp3) is 0.190. The maximum absolute atomic E-state index is 10.7. The van der Waals surface area contributed by atoms with E-state index in [-0.39, 0.29) is 18.3 Å². The summed E-state index contributed by atoms with van der Waals surface area (Å²) in [6.07, 6.45) is -1.17. The molecule has 26 heavy (non-hydrogen) atoms. The van der Waals surface area contributed by atoms with Crippen molar-refractivity contribution < 1.29 is 14.6 Å². The van der Waals surface area contributed by atoms with Crippen LogP contribution in [0.4, 0.5) is 0 Å². The molecule has 0 bridgehead atoms. The molecule has 1 atom stereocenters. The third-order valence-electron chi connectivity index (χ3n) is 3.99. The zero-order valence-electron chi connectivity index (χ0n) is 14.5. The lowest BCUT2D eigenvalue weighted by molar-refractivity contribution is 0.185. The number of aliphatic hydroxyl groups is 1. The van der Waals surface area contributed by atoms with Crippen LogP contribution in [0.25, 0.3) is 10.8 Å². The van der Waals surface area contributed by atoms with E-state index in [9.17, 15) is 5.11 Å². The lowest BCUT2D eigenvalue weighted by Gasteiger charge is -2.19. The van der Waals surface area contributed by atoms with Gasteiger partial charge in [0.2, 0.25) is 5.90 Å². The number of ether oxygens (including phenoxy) is 2. The Morgan fingerprint density at radius 2 is 1.69 bits per heavy atom. The van der Waals surface area contributed by atoms with E-state index in [0.717, 1.165) is 16.3 Å². The summed E-state index contributed by atoms with van der Waals surface area (Å²) < 4.78 is 11.2. The van der Waals surface area contributed by atoms with E-state index in [4.69, 9.17) is 14.9 Å². The number of fused-ring (bicyclic) bond motifs is 1. The second kappa shape index (κ2) is 9.22. The second-order valence-electron chi connectivity index (χ2n) is 5.67. The van der Waals surface area contributed by atoms with E-state index in [0.29, 0.717) is 24.5 Å². The van der Waals surface area contributed by atoms with Gasteiger partial charge in [0.15, 0.2) is 6.10 Å². The van der Waals surface area contributed by atoms with Crippen molar-refractivity contribution in [1.82, 2.24) is 0 Å². The van der Waals surface area contributed by atoms with Crippen LogP contribution in [0.3, 0.4) is 0 Å². The minimum absolute atomic E-state index is 0. The Morgan fingerprint density at radius 3 is 2.42 bits per heavy atom. The maximum Gasteiger partial charge on any atom is 0.215 e. The van der Waals surface area contributed by atoms with E-state index in [2.05, 4.69) is 0 Å². The molecule has 3 aromatic rings. The van der Waals surface area contributed by atoms with Crippen molar-refractivity contribution in [3.05, 3.63) is 77.9 Å². The molecule has 0 amide bonds. The summed E-state index contributed by atoms with van der Waals surface area (Å²) >= 11 is 0. The first-order chi connectivity index (χ1) is 12.2. The summed E-state index contributed by atoms with van der Waals surface area (Å²) in [4.78, 5) is 0. The molecule has 3 rings (SSSR count). The molecule has 5 heteroatoms. The zero-order valence-corrected chi connectivity index (χ0v) is 15.3. The number of aliphatic hydroxyl groups excluding tert-OH is 1. The summed E-state index contributed by atoms with van der Waals surface area (Å²) in [5.41, 5.74) is 1.60. The molecular formula is C21H22ClNO3. The molecule has 0 aliphatic rings. The van der Waals surface area contributed by atoms with Crippen molar-refractivity contribution in [3.63, 3.8) is 0 Å². The van der Waals surface area contributed by atoms with Crippen LogP contribution in [0.5, 0.6) is 5.75 Å². The van der Waals surface area contributed by atoms with Gasteiger partial charge in [0.1, 0.15) is 12.4 Å². The predicted molar refractivity (Wildman–Crippen MR) is 106 cm³/mol. The number of hydrogen-bond donors (Lipinski definition) is 2. The van der Waals surface area contributed by atoms with Gasteiger partial charge in [0, 0.05) is 5.56 Å². The van der Waals surface area contributed by atoms with Gasteiger partial charge in [0.05, 0.1) is 6.61 Å². The van der Waals surface area contributed by atoms with Gasteiger partial charge in [-0.05, 0) is 29.3 Å². The number of benzene rings is 3. The fourth-order valence-corrected chi connectivity index (χ4v) is 2.78. The summed E-state index contributed by atoms with van der Waals surface area (Å²) in [6, 6.07) is 21.4. The smallest absolute Gasteiger partial charge is 0.215 e. The van der Waals surface area contributed by atoms with Gasteiger partial charge in [0.25, 0.3) is 0 Å². The van der Waals surface area contributed by atoms with Gasteiger partial charge < -0.3 is 14.6 Å².